The number of likely N-dealkylation sites (tertiary alicyclic amines) is 2. The van der Waals surface area contributed by atoms with Crippen molar-refractivity contribution in [1.29, 1.82) is 0 Å². The summed E-state index contributed by atoms with van der Waals surface area (Å²) in [7, 11) is 2.92. The molecule has 12 nitrogen and oxygen atoms in total. The minimum absolute atomic E-state index is 0.0189. The average Bonchev–Trinajstić information content (AvgIpc) is 4.26. The summed E-state index contributed by atoms with van der Waals surface area (Å²) >= 11 is 0. The molecule has 7 aromatic rings. The van der Waals surface area contributed by atoms with E-state index in [1.54, 1.807) is 7.11 Å². The first kappa shape index (κ1) is 47.8. The van der Waals surface area contributed by atoms with Gasteiger partial charge in [-0.05, 0) is 128 Å². The highest BCUT2D eigenvalue weighted by Gasteiger charge is 2.37. The lowest BCUT2D eigenvalue weighted by molar-refractivity contribution is -0.134. The molecule has 2 amide bonds. The van der Waals surface area contributed by atoms with Crippen molar-refractivity contribution < 1.29 is 19.1 Å². The summed E-state index contributed by atoms with van der Waals surface area (Å²) < 4.78 is 10.3. The Labute approximate surface area is 421 Å². The van der Waals surface area contributed by atoms with Crippen molar-refractivity contribution in [3.8, 4) is 11.1 Å². The number of amides is 2. The SMILES string of the molecule is C=C1CCc2ccc(cc2-c2ccc3[nH]c([C@@H]4CCCN4C(=O)[C@@H](NC(=C)OC)c4ccccc4)nc3c2)CCC(=C)[C@H](c2ccc3[nH]c([C@@H]4CCCN4C(=C)[C@@H](NC(=O)OC)c4ccccc4)nc3c2)C1. The van der Waals surface area contributed by atoms with Gasteiger partial charge in [-0.1, -0.05) is 122 Å². The Morgan fingerprint density at radius 3 is 2.00 bits per heavy atom. The van der Waals surface area contributed by atoms with Crippen LogP contribution >= 0.6 is 0 Å². The smallest absolute Gasteiger partial charge is 0.407 e. The molecule has 5 atom stereocenters. The van der Waals surface area contributed by atoms with E-state index in [1.165, 1.54) is 40.5 Å². The van der Waals surface area contributed by atoms with Crippen LogP contribution in [0.4, 0.5) is 4.79 Å². The fourth-order valence-corrected chi connectivity index (χ4v) is 11.1. The summed E-state index contributed by atoms with van der Waals surface area (Å²) in [5.41, 5.74) is 14.7. The van der Waals surface area contributed by atoms with Crippen LogP contribution in [0.2, 0.25) is 0 Å². The van der Waals surface area contributed by atoms with Crippen LogP contribution < -0.4 is 10.6 Å². The number of ether oxygens (including phenoxy) is 2. The molecular formula is C60H64N8O4. The summed E-state index contributed by atoms with van der Waals surface area (Å²) in [6, 6.07) is 38.3. The van der Waals surface area contributed by atoms with Crippen LogP contribution in [-0.4, -0.2) is 69.0 Å². The minimum Gasteiger partial charge on any atom is -0.483 e. The molecule has 11 rings (SSSR count). The van der Waals surface area contributed by atoms with Crippen molar-refractivity contribution >= 4 is 34.1 Å². The zero-order chi connectivity index (χ0) is 49.9. The molecule has 2 aliphatic heterocycles. The molecule has 2 fully saturated rings. The Hall–Kier alpha value is -7.86. The molecular weight excluding hydrogens is 897 g/mol. The Balaban J connectivity index is 0.857. The van der Waals surface area contributed by atoms with Gasteiger partial charge >= 0.3 is 6.09 Å². The van der Waals surface area contributed by atoms with Gasteiger partial charge < -0.3 is 39.9 Å². The van der Waals surface area contributed by atoms with Gasteiger partial charge in [0.05, 0.1) is 54.4 Å². The molecule has 2 bridgehead atoms. The van der Waals surface area contributed by atoms with Crippen LogP contribution in [0.3, 0.4) is 0 Å². The molecule has 0 unspecified atom stereocenters. The Kier molecular flexibility index (Phi) is 13.8. The fourth-order valence-electron chi connectivity index (χ4n) is 11.1. The molecule has 0 saturated carbocycles. The van der Waals surface area contributed by atoms with E-state index in [1.807, 2.05) is 65.6 Å². The number of imidazole rings is 2. The Bertz CT molecular complexity index is 3180. The molecule has 0 spiro atoms. The molecule has 368 valence electrons. The lowest BCUT2D eigenvalue weighted by atomic mass is 9.81. The molecule has 72 heavy (non-hydrogen) atoms. The standard InChI is InChI=1S/C60H64N8O4/c1-37-21-25-42-26-24-41(34-48(42)46-28-30-50-52(36-46)65-58(63-50)54-20-14-32-68(54)59(69)56(61-40(4)71-5)44-17-11-8-12-18-44)23-22-38(2)47(33-37)45-27-29-49-51(35-45)64-57(62-49)53-19-13-31-67(53)39(3)55(66-60(70)72-6)43-15-9-7-10-16-43/h7-12,15-18,24,26-30,34-36,47,53-56,61H,1-4,13-14,19-23,25,31-33H2,5-6H3,(H,62,64)(H,63,65)(H,66,70)/t47-,53+,54+,55-,56+/m1/s1. The first-order chi connectivity index (χ1) is 35.0. The maximum atomic E-state index is 14.3. The zero-order valence-electron chi connectivity index (χ0n) is 41.4. The minimum atomic E-state index is -0.637. The van der Waals surface area contributed by atoms with Gasteiger partial charge in [-0.25, -0.2) is 14.8 Å². The number of hydrogen-bond donors (Lipinski definition) is 4. The van der Waals surface area contributed by atoms with Crippen LogP contribution in [0.25, 0.3) is 33.2 Å². The van der Waals surface area contributed by atoms with E-state index < -0.39 is 18.2 Å². The third-order valence-corrected chi connectivity index (χ3v) is 15.0. The van der Waals surface area contributed by atoms with Gasteiger partial charge in [0.1, 0.15) is 17.7 Å². The van der Waals surface area contributed by atoms with Crippen LogP contribution in [0.15, 0.2) is 164 Å². The number of aryl methyl sites for hydroxylation is 2. The number of hydrogen-bond acceptors (Lipinski definition) is 8. The van der Waals surface area contributed by atoms with Crippen molar-refractivity contribution in [2.24, 2.45) is 0 Å². The number of rotatable bonds is 13. The number of nitrogens with one attached hydrogen (secondary N) is 4. The zero-order valence-corrected chi connectivity index (χ0v) is 41.4. The molecule has 4 heterocycles. The summed E-state index contributed by atoms with van der Waals surface area (Å²) in [5, 5.41) is 6.21. The van der Waals surface area contributed by atoms with Gasteiger partial charge in [-0.2, -0.15) is 0 Å². The van der Waals surface area contributed by atoms with E-state index in [0.29, 0.717) is 12.4 Å². The van der Waals surface area contributed by atoms with Crippen LogP contribution in [-0.2, 0) is 27.1 Å². The predicted molar refractivity (Wildman–Crippen MR) is 285 cm³/mol. The number of alkyl carbamates (subject to hydrolysis) is 1. The van der Waals surface area contributed by atoms with E-state index in [9.17, 15) is 9.59 Å². The Morgan fingerprint density at radius 1 is 0.681 bits per heavy atom. The number of aromatic nitrogens is 4. The van der Waals surface area contributed by atoms with Gasteiger partial charge in [0.25, 0.3) is 0 Å². The normalized spacial score (nSPS) is 19.2. The van der Waals surface area contributed by atoms with Gasteiger partial charge in [0, 0.05) is 24.7 Å². The quantitative estimate of drug-likeness (QED) is 0.0662. The molecule has 12 heteroatoms. The predicted octanol–water partition coefficient (Wildman–Crippen LogP) is 12.1. The maximum Gasteiger partial charge on any atom is 0.407 e. The second kappa shape index (κ2) is 20.8. The van der Waals surface area contributed by atoms with Crippen molar-refractivity contribution in [3.05, 3.63) is 204 Å². The van der Waals surface area contributed by atoms with Crippen molar-refractivity contribution in [2.75, 3.05) is 27.3 Å². The van der Waals surface area contributed by atoms with E-state index in [-0.39, 0.29) is 23.9 Å². The number of methoxy groups -OCH3 is 2. The molecule has 5 aromatic carbocycles. The second-order valence-corrected chi connectivity index (χ2v) is 19.5. The van der Waals surface area contributed by atoms with E-state index in [2.05, 4.69) is 99.8 Å². The first-order valence-corrected chi connectivity index (χ1v) is 25.2. The van der Waals surface area contributed by atoms with Crippen LogP contribution in [0.1, 0.15) is 114 Å². The average molecular weight is 961 g/mol. The summed E-state index contributed by atoms with van der Waals surface area (Å²) in [5.74, 6) is 2.08. The van der Waals surface area contributed by atoms with E-state index in [4.69, 9.17) is 26.0 Å². The van der Waals surface area contributed by atoms with Crippen LogP contribution in [0.5, 0.6) is 0 Å². The molecule has 4 N–H and O–H groups in total. The second-order valence-electron chi connectivity index (χ2n) is 19.5. The number of nitrogens with zero attached hydrogens (tertiary/aromatic N) is 4. The van der Waals surface area contributed by atoms with Gasteiger partial charge in [-0.15, -0.1) is 0 Å². The van der Waals surface area contributed by atoms with Crippen molar-refractivity contribution in [1.82, 2.24) is 40.4 Å². The lowest BCUT2D eigenvalue weighted by Gasteiger charge is -2.32. The van der Waals surface area contributed by atoms with Gasteiger partial charge in [0.15, 0.2) is 5.88 Å². The lowest BCUT2D eigenvalue weighted by Crippen LogP contribution is -2.40. The van der Waals surface area contributed by atoms with E-state index in [0.717, 1.165) is 120 Å². The Morgan fingerprint density at radius 2 is 1.32 bits per heavy atom. The number of H-pyrrole nitrogens is 2. The fraction of sp³-hybridized carbons (Fsp3) is 0.300. The third kappa shape index (κ3) is 9.90. The number of fused-ring (bicyclic) bond motifs is 11. The molecule has 2 aliphatic carbocycles. The third-order valence-electron chi connectivity index (χ3n) is 15.0. The highest BCUT2D eigenvalue weighted by atomic mass is 16.5. The summed E-state index contributed by atoms with van der Waals surface area (Å²) in [4.78, 5) is 48.6. The van der Waals surface area contributed by atoms with E-state index >= 15 is 0 Å². The first-order valence-electron chi connectivity index (χ1n) is 25.2. The number of carbonyl (C=O) groups is 2. The number of benzene rings is 5. The molecule has 2 aromatic heterocycles. The number of carbonyl (C=O) groups excluding carboxylic acids is 2. The molecule has 2 saturated heterocycles. The molecule has 4 aliphatic rings. The van der Waals surface area contributed by atoms with Crippen molar-refractivity contribution in [2.45, 2.75) is 87.9 Å². The molecule has 0 radical (unpaired) electrons. The summed E-state index contributed by atoms with van der Waals surface area (Å²) in [6.45, 7) is 19.3. The summed E-state index contributed by atoms with van der Waals surface area (Å²) in [6.07, 6.45) is 7.29. The topological polar surface area (TPSA) is 140 Å². The largest absolute Gasteiger partial charge is 0.483 e. The highest BCUT2D eigenvalue weighted by Crippen LogP contribution is 2.41. The highest BCUT2D eigenvalue weighted by molar-refractivity contribution is 5.86. The van der Waals surface area contributed by atoms with Gasteiger partial charge in [0.2, 0.25) is 5.91 Å². The monoisotopic (exact) mass is 961 g/mol. The van der Waals surface area contributed by atoms with Gasteiger partial charge in [-0.3, -0.25) is 4.79 Å². The number of allylic oxidation sites excluding steroid dienone is 2. The number of aromatic amines is 2. The van der Waals surface area contributed by atoms with Crippen LogP contribution in [0, 0.1) is 0 Å². The van der Waals surface area contributed by atoms with Crippen molar-refractivity contribution in [3.63, 3.8) is 0 Å². The maximum absolute atomic E-state index is 14.3.